The van der Waals surface area contributed by atoms with Gasteiger partial charge in [0.1, 0.15) is 5.82 Å². The second-order valence-corrected chi connectivity index (χ2v) is 7.65. The van der Waals surface area contributed by atoms with Crippen LogP contribution in [0.4, 0.5) is 10.1 Å². The van der Waals surface area contributed by atoms with Crippen LogP contribution in [0.5, 0.6) is 0 Å². The first-order valence-electron chi connectivity index (χ1n) is 10.2. The van der Waals surface area contributed by atoms with E-state index >= 15 is 0 Å². The van der Waals surface area contributed by atoms with E-state index in [-0.39, 0.29) is 11.4 Å². The van der Waals surface area contributed by atoms with Crippen molar-refractivity contribution >= 4 is 11.6 Å². The maximum Gasteiger partial charge on any atom is 0.191 e. The van der Waals surface area contributed by atoms with Crippen LogP contribution in [-0.2, 0) is 11.3 Å². The number of ether oxygens (including phenoxy) is 1. The highest BCUT2D eigenvalue weighted by molar-refractivity contribution is 5.79. The fourth-order valence-corrected chi connectivity index (χ4v) is 3.47. The molecular formula is C21H36FN5O. The summed E-state index contributed by atoms with van der Waals surface area (Å²) >= 11 is 0. The van der Waals surface area contributed by atoms with Gasteiger partial charge < -0.3 is 20.3 Å². The monoisotopic (exact) mass is 393 g/mol. The molecule has 1 saturated heterocycles. The summed E-state index contributed by atoms with van der Waals surface area (Å²) in [6, 6.07) is 5.43. The van der Waals surface area contributed by atoms with Crippen LogP contribution in [-0.4, -0.2) is 69.4 Å². The Kier molecular flexibility index (Phi) is 8.51. The first kappa shape index (κ1) is 22.4. The zero-order chi connectivity index (χ0) is 20.6. The van der Waals surface area contributed by atoms with Gasteiger partial charge in [-0.05, 0) is 45.4 Å². The highest BCUT2D eigenvalue weighted by Crippen LogP contribution is 2.20. The molecule has 0 unspecified atom stereocenters. The topological polar surface area (TPSA) is 52.1 Å². The Morgan fingerprint density at radius 3 is 2.46 bits per heavy atom. The van der Waals surface area contributed by atoms with Crippen LogP contribution in [0.3, 0.4) is 0 Å². The van der Waals surface area contributed by atoms with Gasteiger partial charge in [-0.25, -0.2) is 4.39 Å². The third-order valence-corrected chi connectivity index (χ3v) is 5.36. The lowest BCUT2D eigenvalue weighted by molar-refractivity contribution is -0.00834. The van der Waals surface area contributed by atoms with Gasteiger partial charge >= 0.3 is 0 Å². The minimum Gasteiger partial charge on any atom is -0.379 e. The Balaban J connectivity index is 1.89. The quantitative estimate of drug-likeness (QED) is 0.525. The molecule has 1 aromatic carbocycles. The molecule has 0 saturated carbocycles. The van der Waals surface area contributed by atoms with Crippen LogP contribution >= 0.6 is 0 Å². The molecule has 0 amide bonds. The summed E-state index contributed by atoms with van der Waals surface area (Å²) in [4.78, 5) is 8.74. The zero-order valence-electron chi connectivity index (χ0n) is 18.0. The predicted octanol–water partition coefficient (Wildman–Crippen LogP) is 2.45. The molecule has 1 fully saturated rings. The summed E-state index contributed by atoms with van der Waals surface area (Å²) in [5, 5.41) is 6.67. The van der Waals surface area contributed by atoms with Crippen LogP contribution in [0.25, 0.3) is 0 Å². The van der Waals surface area contributed by atoms with Gasteiger partial charge in [-0.2, -0.15) is 0 Å². The number of aliphatic imine (C=N–C) groups is 1. The number of nitrogens with zero attached hydrogens (tertiary/aromatic N) is 3. The molecule has 1 aliphatic heterocycles. The van der Waals surface area contributed by atoms with E-state index < -0.39 is 0 Å². The van der Waals surface area contributed by atoms with Crippen LogP contribution in [0.2, 0.25) is 0 Å². The summed E-state index contributed by atoms with van der Waals surface area (Å²) in [5.74, 6) is 0.536. The van der Waals surface area contributed by atoms with Gasteiger partial charge in [-0.3, -0.25) is 9.89 Å². The smallest absolute Gasteiger partial charge is 0.191 e. The molecule has 0 atom stereocenters. The molecule has 1 aromatic rings. The summed E-state index contributed by atoms with van der Waals surface area (Å²) < 4.78 is 19.9. The van der Waals surface area contributed by atoms with Crippen molar-refractivity contribution < 1.29 is 9.13 Å². The van der Waals surface area contributed by atoms with Gasteiger partial charge in [0.2, 0.25) is 0 Å². The molecule has 0 spiro atoms. The number of anilines is 1. The number of hydrogen-bond acceptors (Lipinski definition) is 4. The van der Waals surface area contributed by atoms with E-state index in [1.807, 2.05) is 30.9 Å². The van der Waals surface area contributed by atoms with Crippen molar-refractivity contribution in [3.05, 3.63) is 29.6 Å². The Hall–Kier alpha value is -1.86. The van der Waals surface area contributed by atoms with Gasteiger partial charge in [-0.1, -0.05) is 6.07 Å². The maximum absolute atomic E-state index is 14.5. The van der Waals surface area contributed by atoms with Crippen molar-refractivity contribution in [1.29, 1.82) is 0 Å². The van der Waals surface area contributed by atoms with Gasteiger partial charge in [0.05, 0.1) is 18.9 Å². The third kappa shape index (κ3) is 6.07. The minimum atomic E-state index is -0.181. The van der Waals surface area contributed by atoms with Crippen LogP contribution < -0.4 is 15.5 Å². The summed E-state index contributed by atoms with van der Waals surface area (Å²) in [6.45, 7) is 14.8. The summed E-state index contributed by atoms with van der Waals surface area (Å²) in [6.07, 6.45) is 0. The van der Waals surface area contributed by atoms with Crippen molar-refractivity contribution in [3.63, 3.8) is 0 Å². The van der Waals surface area contributed by atoms with Crippen LogP contribution in [0.15, 0.2) is 23.2 Å². The number of halogens is 1. The summed E-state index contributed by atoms with van der Waals surface area (Å²) in [5.41, 5.74) is 1.55. The number of morpholine rings is 1. The number of benzene rings is 1. The predicted molar refractivity (Wildman–Crippen MR) is 115 cm³/mol. The third-order valence-electron chi connectivity index (χ3n) is 5.36. The molecule has 2 N–H and O–H groups in total. The molecule has 0 bridgehead atoms. The first-order chi connectivity index (χ1) is 13.4. The van der Waals surface area contributed by atoms with E-state index in [0.717, 1.165) is 57.5 Å². The second-order valence-electron chi connectivity index (χ2n) is 7.65. The average Bonchev–Trinajstić information content (AvgIpc) is 2.71. The second kappa shape index (κ2) is 10.6. The highest BCUT2D eigenvalue weighted by Gasteiger charge is 2.28. The van der Waals surface area contributed by atoms with E-state index in [1.165, 1.54) is 0 Å². The molecule has 0 aromatic heterocycles. The highest BCUT2D eigenvalue weighted by atomic mass is 19.1. The summed E-state index contributed by atoms with van der Waals surface area (Å²) in [7, 11) is 1.75. The van der Waals surface area contributed by atoms with E-state index in [4.69, 9.17) is 4.74 Å². The van der Waals surface area contributed by atoms with Crippen molar-refractivity contribution in [2.45, 2.75) is 39.8 Å². The lowest BCUT2D eigenvalue weighted by Crippen LogP contribution is -2.56. The van der Waals surface area contributed by atoms with Gasteiger partial charge in [0.15, 0.2) is 5.96 Å². The van der Waals surface area contributed by atoms with Crippen LogP contribution in [0, 0.1) is 5.82 Å². The first-order valence-corrected chi connectivity index (χ1v) is 10.2. The Morgan fingerprint density at radius 1 is 1.21 bits per heavy atom. The molecule has 7 heteroatoms. The van der Waals surface area contributed by atoms with E-state index in [9.17, 15) is 4.39 Å². The SMILES string of the molecule is CCN(CC)c1ccc(CNC(=NC)NCC(C)(C)N2CCOCC2)cc1F. The molecule has 2 rings (SSSR count). The number of nitrogens with one attached hydrogen (secondary N) is 2. The van der Waals surface area contributed by atoms with Gasteiger partial charge in [-0.15, -0.1) is 0 Å². The molecule has 1 heterocycles. The van der Waals surface area contributed by atoms with E-state index in [2.05, 4.69) is 34.4 Å². The van der Waals surface area contributed by atoms with Crippen molar-refractivity contribution in [1.82, 2.24) is 15.5 Å². The van der Waals surface area contributed by atoms with Crippen molar-refractivity contribution in [2.24, 2.45) is 4.99 Å². The Bertz CT molecular complexity index is 640. The lowest BCUT2D eigenvalue weighted by Gasteiger charge is -2.41. The fourth-order valence-electron chi connectivity index (χ4n) is 3.47. The molecule has 6 nitrogen and oxygen atoms in total. The molecule has 28 heavy (non-hydrogen) atoms. The lowest BCUT2D eigenvalue weighted by atomic mass is 10.0. The molecular weight excluding hydrogens is 357 g/mol. The van der Waals surface area contributed by atoms with Gasteiger partial charge in [0, 0.05) is 51.9 Å². The van der Waals surface area contributed by atoms with Crippen molar-refractivity contribution in [3.8, 4) is 0 Å². The standard InChI is InChI=1S/C21H36FN5O/c1-6-26(7-2)19-9-8-17(14-18(19)22)15-24-20(23-5)25-16-21(3,4)27-10-12-28-13-11-27/h8-9,14H,6-7,10-13,15-16H2,1-5H3,(H2,23,24,25). The Morgan fingerprint density at radius 2 is 1.89 bits per heavy atom. The van der Waals surface area contributed by atoms with Crippen molar-refractivity contribution in [2.75, 3.05) is 57.9 Å². The largest absolute Gasteiger partial charge is 0.379 e. The number of hydrogen-bond donors (Lipinski definition) is 2. The zero-order valence-corrected chi connectivity index (χ0v) is 18.0. The molecule has 0 aliphatic carbocycles. The van der Waals surface area contributed by atoms with Gasteiger partial charge in [0.25, 0.3) is 0 Å². The minimum absolute atomic E-state index is 0.00107. The molecule has 1 aliphatic rings. The van der Waals surface area contributed by atoms with E-state index in [1.54, 1.807) is 13.1 Å². The number of guanidine groups is 1. The number of rotatable bonds is 8. The molecule has 0 radical (unpaired) electrons. The Labute approximate surface area is 169 Å². The maximum atomic E-state index is 14.5. The van der Waals surface area contributed by atoms with E-state index in [0.29, 0.717) is 12.2 Å². The average molecular weight is 394 g/mol. The molecule has 158 valence electrons. The fraction of sp³-hybridized carbons (Fsp3) is 0.667. The normalized spacial score (nSPS) is 16.1. The van der Waals surface area contributed by atoms with Crippen LogP contribution in [0.1, 0.15) is 33.3 Å².